The van der Waals surface area contributed by atoms with Crippen molar-refractivity contribution in [3.05, 3.63) is 18.2 Å². The first-order valence-corrected chi connectivity index (χ1v) is 3.15. The second-order valence-corrected chi connectivity index (χ2v) is 2.08. The SMILES string of the molecule is CNCC(O)c1cnc[nH]1. The third-order valence-electron chi connectivity index (χ3n) is 1.28. The van der Waals surface area contributed by atoms with Crippen LogP contribution in [0.2, 0.25) is 0 Å². The van der Waals surface area contributed by atoms with Crippen LogP contribution >= 0.6 is 0 Å². The third-order valence-corrected chi connectivity index (χ3v) is 1.28. The number of rotatable bonds is 3. The number of H-pyrrole nitrogens is 1. The van der Waals surface area contributed by atoms with Crippen LogP contribution in [-0.2, 0) is 0 Å². The molecule has 4 nitrogen and oxygen atoms in total. The molecule has 1 unspecified atom stereocenters. The number of nitrogens with one attached hydrogen (secondary N) is 2. The van der Waals surface area contributed by atoms with E-state index in [0.29, 0.717) is 6.54 Å². The summed E-state index contributed by atoms with van der Waals surface area (Å²) in [5, 5.41) is 12.1. The summed E-state index contributed by atoms with van der Waals surface area (Å²) in [6, 6.07) is 0. The van der Waals surface area contributed by atoms with Gasteiger partial charge in [0.2, 0.25) is 0 Å². The normalized spacial score (nSPS) is 13.4. The predicted molar refractivity (Wildman–Crippen MR) is 37.5 cm³/mol. The Kier molecular flexibility index (Phi) is 2.42. The number of nitrogens with zero attached hydrogens (tertiary/aromatic N) is 1. The second kappa shape index (κ2) is 3.34. The minimum absolute atomic E-state index is 0.479. The number of likely N-dealkylation sites (N-methyl/N-ethyl adjacent to an activating group) is 1. The molecule has 56 valence electrons. The van der Waals surface area contributed by atoms with Gasteiger partial charge in [0.05, 0.1) is 18.2 Å². The van der Waals surface area contributed by atoms with Crippen molar-refractivity contribution in [2.45, 2.75) is 6.10 Å². The van der Waals surface area contributed by atoms with Crippen LogP contribution in [-0.4, -0.2) is 28.7 Å². The zero-order chi connectivity index (χ0) is 7.40. The van der Waals surface area contributed by atoms with Gasteiger partial charge in [0, 0.05) is 6.54 Å². The Morgan fingerprint density at radius 1 is 1.90 bits per heavy atom. The van der Waals surface area contributed by atoms with Gasteiger partial charge < -0.3 is 15.4 Å². The third kappa shape index (κ3) is 1.55. The quantitative estimate of drug-likeness (QED) is 0.539. The van der Waals surface area contributed by atoms with Crippen LogP contribution < -0.4 is 5.32 Å². The van der Waals surface area contributed by atoms with Gasteiger partial charge in [0.15, 0.2) is 0 Å². The number of hydrogen-bond donors (Lipinski definition) is 3. The van der Waals surface area contributed by atoms with Gasteiger partial charge >= 0.3 is 0 Å². The Bertz CT molecular complexity index is 173. The lowest BCUT2D eigenvalue weighted by Crippen LogP contribution is -2.16. The summed E-state index contributed by atoms with van der Waals surface area (Å²) in [6.07, 6.45) is 2.68. The van der Waals surface area contributed by atoms with Crippen molar-refractivity contribution in [2.24, 2.45) is 0 Å². The lowest BCUT2D eigenvalue weighted by Gasteiger charge is -2.05. The van der Waals surface area contributed by atoms with Crippen molar-refractivity contribution in [3.8, 4) is 0 Å². The van der Waals surface area contributed by atoms with Crippen molar-refractivity contribution in [1.29, 1.82) is 0 Å². The summed E-state index contributed by atoms with van der Waals surface area (Å²) >= 11 is 0. The first-order valence-electron chi connectivity index (χ1n) is 3.15. The zero-order valence-electron chi connectivity index (χ0n) is 5.83. The van der Waals surface area contributed by atoms with Crippen molar-refractivity contribution in [2.75, 3.05) is 13.6 Å². The molecule has 1 aromatic rings. The molecule has 0 amide bonds. The van der Waals surface area contributed by atoms with E-state index >= 15 is 0 Å². The highest BCUT2D eigenvalue weighted by Gasteiger charge is 2.05. The Morgan fingerprint density at radius 3 is 3.20 bits per heavy atom. The fourth-order valence-electron chi connectivity index (χ4n) is 0.752. The molecule has 0 aliphatic heterocycles. The van der Waals surface area contributed by atoms with E-state index in [2.05, 4.69) is 15.3 Å². The number of aliphatic hydroxyl groups is 1. The van der Waals surface area contributed by atoms with Gasteiger partial charge in [-0.05, 0) is 7.05 Å². The molecule has 0 radical (unpaired) electrons. The van der Waals surface area contributed by atoms with E-state index in [1.165, 1.54) is 0 Å². The fourth-order valence-corrected chi connectivity index (χ4v) is 0.752. The van der Waals surface area contributed by atoms with Gasteiger partial charge in [-0.25, -0.2) is 4.98 Å². The topological polar surface area (TPSA) is 60.9 Å². The maximum Gasteiger partial charge on any atom is 0.108 e. The highest BCUT2D eigenvalue weighted by molar-refractivity contribution is 4.99. The van der Waals surface area contributed by atoms with Crippen LogP contribution in [0, 0.1) is 0 Å². The van der Waals surface area contributed by atoms with Crippen molar-refractivity contribution < 1.29 is 5.11 Å². The molecular formula is C6H11N3O. The average Bonchev–Trinajstić information content (AvgIpc) is 2.38. The van der Waals surface area contributed by atoms with Crippen LogP contribution in [0.15, 0.2) is 12.5 Å². The largest absolute Gasteiger partial charge is 0.385 e. The molecule has 1 atom stereocenters. The molecule has 1 rings (SSSR count). The number of aromatic amines is 1. The number of aliphatic hydroxyl groups excluding tert-OH is 1. The van der Waals surface area contributed by atoms with Crippen molar-refractivity contribution in [3.63, 3.8) is 0 Å². The molecule has 1 heterocycles. The summed E-state index contributed by atoms with van der Waals surface area (Å²) in [5.41, 5.74) is 0.745. The summed E-state index contributed by atoms with van der Waals surface area (Å²) in [5.74, 6) is 0. The van der Waals surface area contributed by atoms with Gasteiger partial charge in [-0.2, -0.15) is 0 Å². The molecule has 0 aromatic carbocycles. The summed E-state index contributed by atoms with van der Waals surface area (Å²) in [7, 11) is 1.79. The van der Waals surface area contributed by atoms with Crippen LogP contribution in [0.4, 0.5) is 0 Å². The molecule has 0 saturated carbocycles. The summed E-state index contributed by atoms with van der Waals surface area (Å²) in [6.45, 7) is 0.544. The van der Waals surface area contributed by atoms with Crippen LogP contribution in [0.3, 0.4) is 0 Å². The molecule has 0 bridgehead atoms. The summed E-state index contributed by atoms with van der Waals surface area (Å²) in [4.78, 5) is 6.60. The van der Waals surface area contributed by atoms with Crippen molar-refractivity contribution >= 4 is 0 Å². The Labute approximate surface area is 59.3 Å². The minimum atomic E-state index is -0.479. The predicted octanol–water partition coefficient (Wildman–Crippen LogP) is -0.338. The minimum Gasteiger partial charge on any atom is -0.385 e. The summed E-state index contributed by atoms with van der Waals surface area (Å²) < 4.78 is 0. The highest BCUT2D eigenvalue weighted by Crippen LogP contribution is 2.05. The van der Waals surface area contributed by atoms with E-state index in [-0.39, 0.29) is 0 Å². The maximum atomic E-state index is 9.28. The highest BCUT2D eigenvalue weighted by atomic mass is 16.3. The standard InChI is InChI=1S/C6H11N3O/c1-7-3-6(10)5-2-8-4-9-5/h2,4,6-7,10H,3H2,1H3,(H,8,9). The first-order chi connectivity index (χ1) is 4.84. The molecule has 0 spiro atoms. The first kappa shape index (κ1) is 7.24. The molecule has 0 aliphatic rings. The van der Waals surface area contributed by atoms with Gasteiger partial charge in [-0.1, -0.05) is 0 Å². The van der Waals surface area contributed by atoms with Gasteiger partial charge in [0.1, 0.15) is 6.10 Å². The van der Waals surface area contributed by atoms with Crippen LogP contribution in [0.1, 0.15) is 11.8 Å². The van der Waals surface area contributed by atoms with E-state index in [9.17, 15) is 5.11 Å². The van der Waals surface area contributed by atoms with Gasteiger partial charge in [-0.3, -0.25) is 0 Å². The number of imidazole rings is 1. The van der Waals surface area contributed by atoms with Gasteiger partial charge in [-0.15, -0.1) is 0 Å². The molecule has 0 fully saturated rings. The molecule has 3 N–H and O–H groups in total. The fraction of sp³-hybridized carbons (Fsp3) is 0.500. The Hall–Kier alpha value is -0.870. The molecular weight excluding hydrogens is 130 g/mol. The van der Waals surface area contributed by atoms with E-state index in [4.69, 9.17) is 0 Å². The number of aromatic nitrogens is 2. The van der Waals surface area contributed by atoms with Gasteiger partial charge in [0.25, 0.3) is 0 Å². The van der Waals surface area contributed by atoms with Crippen LogP contribution in [0.25, 0.3) is 0 Å². The van der Waals surface area contributed by atoms with Crippen molar-refractivity contribution in [1.82, 2.24) is 15.3 Å². The molecule has 0 saturated heterocycles. The van der Waals surface area contributed by atoms with E-state index in [0.717, 1.165) is 5.69 Å². The Balaban J connectivity index is 2.50. The molecule has 10 heavy (non-hydrogen) atoms. The molecule has 0 aliphatic carbocycles. The monoisotopic (exact) mass is 141 g/mol. The molecule has 1 aromatic heterocycles. The maximum absolute atomic E-state index is 9.28. The number of hydrogen-bond acceptors (Lipinski definition) is 3. The average molecular weight is 141 g/mol. The van der Waals surface area contributed by atoms with Crippen LogP contribution in [0.5, 0.6) is 0 Å². The lowest BCUT2D eigenvalue weighted by molar-refractivity contribution is 0.173. The second-order valence-electron chi connectivity index (χ2n) is 2.08. The van der Waals surface area contributed by atoms with E-state index in [1.807, 2.05) is 0 Å². The zero-order valence-corrected chi connectivity index (χ0v) is 5.83. The smallest absolute Gasteiger partial charge is 0.108 e. The van der Waals surface area contributed by atoms with E-state index in [1.54, 1.807) is 19.6 Å². The van der Waals surface area contributed by atoms with E-state index < -0.39 is 6.10 Å². The molecule has 4 heteroatoms. The lowest BCUT2D eigenvalue weighted by atomic mass is 10.3. The Morgan fingerprint density at radius 2 is 2.70 bits per heavy atom.